The van der Waals surface area contributed by atoms with Crippen LogP contribution in [0.1, 0.15) is 21.8 Å². The molecule has 0 unspecified atom stereocenters. The lowest BCUT2D eigenvalue weighted by Gasteiger charge is -2.09. The molecule has 0 saturated carbocycles. The second kappa shape index (κ2) is 3.76. The smallest absolute Gasteiger partial charge is 0.271 e. The highest BCUT2D eigenvalue weighted by Crippen LogP contribution is 2.16. The van der Waals surface area contributed by atoms with Gasteiger partial charge in [0.2, 0.25) is 0 Å². The molecule has 2 rings (SSSR count). The van der Waals surface area contributed by atoms with Gasteiger partial charge in [0.15, 0.2) is 5.69 Å². The largest absolute Gasteiger partial charge is 0.364 e. The van der Waals surface area contributed by atoms with E-state index in [1.54, 1.807) is 0 Å². The number of amides is 1. The van der Waals surface area contributed by atoms with E-state index in [2.05, 4.69) is 10.5 Å². The fraction of sp³-hybridized carbons (Fsp3) is 0.429. The monoisotopic (exact) mass is 203 g/mol. The summed E-state index contributed by atoms with van der Waals surface area (Å²) in [5.74, 6) is 0.256. The third kappa shape index (κ3) is 1.66. The van der Waals surface area contributed by atoms with Crippen LogP contribution in [0.2, 0.25) is 0 Å². The van der Waals surface area contributed by atoms with Gasteiger partial charge in [0.05, 0.1) is 0 Å². The Bertz CT molecular complexity index is 324. The van der Waals surface area contributed by atoms with Crippen molar-refractivity contribution in [3.8, 4) is 0 Å². The Morgan fingerprint density at radius 1 is 1.62 bits per heavy atom. The molecule has 0 spiro atoms. The van der Waals surface area contributed by atoms with Crippen molar-refractivity contribution in [1.29, 1.82) is 0 Å². The van der Waals surface area contributed by atoms with E-state index in [-0.39, 0.29) is 18.1 Å². The number of primary amides is 1. The zero-order chi connectivity index (χ0) is 8.55. The third-order valence-electron chi connectivity index (χ3n) is 1.93. The molecule has 1 aromatic rings. The number of rotatable bonds is 1. The lowest BCUT2D eigenvalue weighted by atomic mass is 10.1. The van der Waals surface area contributed by atoms with E-state index in [1.165, 1.54) is 0 Å². The Morgan fingerprint density at radius 3 is 3.08 bits per heavy atom. The van der Waals surface area contributed by atoms with Gasteiger partial charge >= 0.3 is 0 Å². The standard InChI is InChI=1S/C7H9N3O2.ClH/c8-7(11)6-4-3-9-2-1-5(4)12-10-6;/h9H,1-3H2,(H2,8,11);1H. The van der Waals surface area contributed by atoms with Crippen LogP contribution < -0.4 is 11.1 Å². The summed E-state index contributed by atoms with van der Waals surface area (Å²) in [5.41, 5.74) is 6.17. The van der Waals surface area contributed by atoms with Crippen LogP contribution in [0.5, 0.6) is 0 Å². The van der Waals surface area contributed by atoms with E-state index in [9.17, 15) is 4.79 Å². The lowest BCUT2D eigenvalue weighted by molar-refractivity contribution is 0.0991. The van der Waals surface area contributed by atoms with Crippen LogP contribution in [0.15, 0.2) is 4.52 Å². The van der Waals surface area contributed by atoms with E-state index in [4.69, 9.17) is 10.3 Å². The van der Waals surface area contributed by atoms with Crippen molar-refractivity contribution >= 4 is 18.3 Å². The number of halogens is 1. The normalized spacial score (nSPS) is 14.5. The van der Waals surface area contributed by atoms with Gasteiger partial charge in [-0.1, -0.05) is 5.16 Å². The summed E-state index contributed by atoms with van der Waals surface area (Å²) in [4.78, 5) is 10.8. The van der Waals surface area contributed by atoms with Gasteiger partial charge in [0, 0.05) is 25.1 Å². The number of nitrogens with zero attached hydrogens (tertiary/aromatic N) is 1. The van der Waals surface area contributed by atoms with Gasteiger partial charge < -0.3 is 15.6 Å². The molecule has 0 atom stereocenters. The van der Waals surface area contributed by atoms with Gasteiger partial charge in [-0.3, -0.25) is 4.79 Å². The summed E-state index contributed by atoms with van der Waals surface area (Å²) in [6.07, 6.45) is 0.773. The molecule has 0 aliphatic carbocycles. The predicted molar refractivity (Wildman–Crippen MR) is 47.7 cm³/mol. The summed E-state index contributed by atoms with van der Waals surface area (Å²) in [7, 11) is 0. The van der Waals surface area contributed by atoms with Crippen molar-refractivity contribution in [3.05, 3.63) is 17.0 Å². The summed E-state index contributed by atoms with van der Waals surface area (Å²) in [5, 5.41) is 6.72. The zero-order valence-electron chi connectivity index (χ0n) is 6.87. The van der Waals surface area contributed by atoms with Crippen molar-refractivity contribution in [2.75, 3.05) is 6.54 Å². The molecular weight excluding hydrogens is 194 g/mol. The molecular formula is C7H10ClN3O2. The van der Waals surface area contributed by atoms with E-state index in [0.29, 0.717) is 6.54 Å². The van der Waals surface area contributed by atoms with Gasteiger partial charge in [-0.2, -0.15) is 0 Å². The number of nitrogens with one attached hydrogen (secondary N) is 1. The minimum atomic E-state index is -0.524. The molecule has 6 heteroatoms. The van der Waals surface area contributed by atoms with Crippen LogP contribution in [0.3, 0.4) is 0 Å². The molecule has 0 fully saturated rings. The first-order valence-corrected chi connectivity index (χ1v) is 3.77. The second-order valence-electron chi connectivity index (χ2n) is 2.72. The van der Waals surface area contributed by atoms with Crippen molar-refractivity contribution in [2.24, 2.45) is 5.73 Å². The van der Waals surface area contributed by atoms with Gasteiger partial charge in [-0.05, 0) is 0 Å². The Labute approximate surface area is 81.1 Å². The fourth-order valence-electron chi connectivity index (χ4n) is 1.33. The van der Waals surface area contributed by atoms with E-state index >= 15 is 0 Å². The van der Waals surface area contributed by atoms with E-state index in [0.717, 1.165) is 24.3 Å². The molecule has 0 saturated heterocycles. The number of nitrogens with two attached hydrogens (primary N) is 1. The maximum Gasteiger partial charge on any atom is 0.271 e. The Kier molecular flexibility index (Phi) is 2.90. The molecule has 2 heterocycles. The number of carbonyl (C=O) groups excluding carboxylic acids is 1. The van der Waals surface area contributed by atoms with Crippen molar-refractivity contribution in [3.63, 3.8) is 0 Å². The summed E-state index contributed by atoms with van der Waals surface area (Å²) < 4.78 is 4.96. The number of fused-ring (bicyclic) bond motifs is 1. The molecule has 72 valence electrons. The predicted octanol–water partition coefficient (Wildman–Crippen LogP) is -0.159. The molecule has 1 aliphatic rings. The van der Waals surface area contributed by atoms with Crippen LogP contribution in [0.25, 0.3) is 0 Å². The number of aromatic nitrogens is 1. The Balaban J connectivity index is 0.000000845. The minimum Gasteiger partial charge on any atom is -0.364 e. The molecule has 0 bridgehead atoms. The fourth-order valence-corrected chi connectivity index (χ4v) is 1.33. The SMILES string of the molecule is Cl.NC(=O)c1noc2c1CNCC2. The Morgan fingerprint density at radius 2 is 2.38 bits per heavy atom. The summed E-state index contributed by atoms with van der Waals surface area (Å²) in [6.45, 7) is 1.48. The van der Waals surface area contributed by atoms with Crippen molar-refractivity contribution in [2.45, 2.75) is 13.0 Å². The average molecular weight is 204 g/mol. The zero-order valence-corrected chi connectivity index (χ0v) is 7.69. The van der Waals surface area contributed by atoms with E-state index < -0.39 is 5.91 Å². The lowest BCUT2D eigenvalue weighted by Crippen LogP contribution is -2.25. The maximum atomic E-state index is 10.8. The van der Waals surface area contributed by atoms with Crippen molar-refractivity contribution in [1.82, 2.24) is 10.5 Å². The first-order chi connectivity index (χ1) is 5.79. The summed E-state index contributed by atoms with van der Waals surface area (Å²) in [6, 6.07) is 0. The van der Waals surface area contributed by atoms with Gasteiger partial charge in [-0.25, -0.2) is 0 Å². The molecule has 1 aromatic heterocycles. The van der Waals surface area contributed by atoms with E-state index in [1.807, 2.05) is 0 Å². The molecule has 3 N–H and O–H groups in total. The van der Waals surface area contributed by atoms with Crippen LogP contribution in [-0.2, 0) is 13.0 Å². The van der Waals surface area contributed by atoms with Gasteiger partial charge in [0.1, 0.15) is 5.76 Å². The molecule has 0 radical (unpaired) electrons. The highest BCUT2D eigenvalue weighted by molar-refractivity contribution is 5.92. The van der Waals surface area contributed by atoms with Crippen molar-refractivity contribution < 1.29 is 9.32 Å². The first-order valence-electron chi connectivity index (χ1n) is 3.77. The maximum absolute atomic E-state index is 10.8. The number of hydrogen-bond donors (Lipinski definition) is 2. The minimum absolute atomic E-state index is 0. The molecule has 1 amide bonds. The summed E-state index contributed by atoms with van der Waals surface area (Å²) >= 11 is 0. The van der Waals surface area contributed by atoms with Crippen LogP contribution in [0, 0.1) is 0 Å². The third-order valence-corrected chi connectivity index (χ3v) is 1.93. The highest BCUT2D eigenvalue weighted by atomic mass is 35.5. The molecule has 5 nitrogen and oxygen atoms in total. The van der Waals surface area contributed by atoms with Crippen LogP contribution in [0.4, 0.5) is 0 Å². The molecule has 13 heavy (non-hydrogen) atoms. The molecule has 1 aliphatic heterocycles. The van der Waals surface area contributed by atoms with Gasteiger partial charge in [0.25, 0.3) is 5.91 Å². The average Bonchev–Trinajstić information content (AvgIpc) is 2.47. The quantitative estimate of drug-likeness (QED) is 0.665. The Hall–Kier alpha value is -1.07. The highest BCUT2D eigenvalue weighted by Gasteiger charge is 2.21. The molecule has 0 aromatic carbocycles. The van der Waals surface area contributed by atoms with Gasteiger partial charge in [-0.15, -0.1) is 12.4 Å². The van der Waals surface area contributed by atoms with Crippen LogP contribution >= 0.6 is 12.4 Å². The second-order valence-corrected chi connectivity index (χ2v) is 2.72. The first kappa shape index (κ1) is 10.0. The number of hydrogen-bond acceptors (Lipinski definition) is 4. The number of carbonyl (C=O) groups is 1. The van der Waals surface area contributed by atoms with Crippen LogP contribution in [-0.4, -0.2) is 17.6 Å². The topological polar surface area (TPSA) is 81.2 Å².